The minimum absolute atomic E-state index is 0.00691. The molecular formula is C30H41N3O6. The van der Waals surface area contributed by atoms with E-state index >= 15 is 0 Å². The molecule has 4 atom stereocenters. The molecule has 212 valence electrons. The number of rotatable bonds is 12. The maximum Gasteiger partial charge on any atom is 0.224 e. The number of β-amino-alcohol motifs (C(OH)–C–C–N with tert-alkyl or cyclic N) is 1. The van der Waals surface area contributed by atoms with Gasteiger partial charge in [-0.25, -0.2) is 0 Å². The molecule has 39 heavy (non-hydrogen) atoms. The summed E-state index contributed by atoms with van der Waals surface area (Å²) in [5, 5.41) is 25.1. The summed E-state index contributed by atoms with van der Waals surface area (Å²) in [5.41, 5.74) is 3.39. The van der Waals surface area contributed by atoms with Crippen LogP contribution in [0.25, 0.3) is 0 Å². The van der Waals surface area contributed by atoms with Gasteiger partial charge in [0, 0.05) is 57.2 Å². The van der Waals surface area contributed by atoms with Gasteiger partial charge < -0.3 is 30.3 Å². The number of likely N-dealkylation sites (tertiary alicyclic amines) is 1. The molecular weight excluding hydrogens is 498 g/mol. The Kier molecular flexibility index (Phi) is 10.9. The number of nitrogens with zero attached hydrogens (tertiary/aromatic N) is 1. The molecule has 4 rings (SSSR count). The fourth-order valence-corrected chi connectivity index (χ4v) is 5.14. The summed E-state index contributed by atoms with van der Waals surface area (Å²) < 4.78 is 12.8. The smallest absolute Gasteiger partial charge is 0.224 e. The minimum Gasteiger partial charge on any atom is -0.392 e. The van der Waals surface area contributed by atoms with E-state index in [0.717, 1.165) is 48.9 Å². The Balaban J connectivity index is 1.38. The highest BCUT2D eigenvalue weighted by atomic mass is 16.7. The predicted molar refractivity (Wildman–Crippen MR) is 148 cm³/mol. The number of aliphatic hydroxyl groups excluding tert-OH is 2. The van der Waals surface area contributed by atoms with E-state index in [9.17, 15) is 19.8 Å². The molecule has 2 amide bonds. The molecule has 2 aliphatic heterocycles. The first-order valence-electron chi connectivity index (χ1n) is 13.9. The first kappa shape index (κ1) is 29.2. The number of nitrogens with one attached hydrogen (secondary N) is 2. The Morgan fingerprint density at radius 2 is 1.87 bits per heavy atom. The number of hydrogen-bond acceptors (Lipinski definition) is 7. The van der Waals surface area contributed by atoms with Crippen LogP contribution in [0.4, 0.5) is 5.69 Å². The number of amides is 2. The lowest BCUT2D eigenvalue weighted by Gasteiger charge is -2.38. The van der Waals surface area contributed by atoms with Crippen molar-refractivity contribution < 1.29 is 29.3 Å². The van der Waals surface area contributed by atoms with Gasteiger partial charge in [-0.1, -0.05) is 42.8 Å². The van der Waals surface area contributed by atoms with E-state index in [1.54, 1.807) is 0 Å². The van der Waals surface area contributed by atoms with E-state index in [1.165, 1.54) is 6.92 Å². The zero-order valence-electron chi connectivity index (χ0n) is 22.7. The molecule has 0 bridgehead atoms. The van der Waals surface area contributed by atoms with Crippen molar-refractivity contribution in [3.8, 4) is 0 Å². The maximum atomic E-state index is 12.5. The quantitative estimate of drug-likeness (QED) is 0.305. The van der Waals surface area contributed by atoms with E-state index < -0.39 is 6.29 Å². The van der Waals surface area contributed by atoms with Crippen LogP contribution in [-0.2, 0) is 25.7 Å². The molecule has 9 nitrogen and oxygen atoms in total. The van der Waals surface area contributed by atoms with Gasteiger partial charge in [0.05, 0.1) is 24.9 Å². The van der Waals surface area contributed by atoms with Gasteiger partial charge in [0.2, 0.25) is 11.8 Å². The highest BCUT2D eigenvalue weighted by Crippen LogP contribution is 2.39. The molecule has 2 aromatic rings. The molecule has 0 radical (unpaired) electrons. The number of benzene rings is 2. The van der Waals surface area contributed by atoms with Crippen LogP contribution in [0, 0.1) is 0 Å². The zero-order chi connectivity index (χ0) is 27.6. The van der Waals surface area contributed by atoms with Gasteiger partial charge in [0.25, 0.3) is 0 Å². The summed E-state index contributed by atoms with van der Waals surface area (Å²) in [4.78, 5) is 25.7. The first-order valence-corrected chi connectivity index (χ1v) is 13.9. The van der Waals surface area contributed by atoms with E-state index in [1.807, 2.05) is 48.5 Å². The lowest BCUT2D eigenvalue weighted by atomic mass is 9.99. The van der Waals surface area contributed by atoms with E-state index in [0.29, 0.717) is 38.2 Å². The third-order valence-electron chi connectivity index (χ3n) is 7.22. The molecule has 0 saturated carbocycles. The molecule has 0 aromatic heterocycles. The number of aliphatic hydroxyl groups is 2. The van der Waals surface area contributed by atoms with Crippen LogP contribution in [0.15, 0.2) is 48.5 Å². The van der Waals surface area contributed by atoms with Gasteiger partial charge in [-0.15, -0.1) is 0 Å². The average Bonchev–Trinajstić information content (AvgIpc) is 3.34. The summed E-state index contributed by atoms with van der Waals surface area (Å²) in [6, 6.07) is 15.4. The zero-order valence-corrected chi connectivity index (χ0v) is 22.7. The number of carbonyl (C=O) groups is 2. The topological polar surface area (TPSA) is 120 Å². The monoisotopic (exact) mass is 539 g/mol. The van der Waals surface area contributed by atoms with Crippen LogP contribution >= 0.6 is 0 Å². The molecule has 0 unspecified atom stereocenters. The van der Waals surface area contributed by atoms with E-state index in [4.69, 9.17) is 9.47 Å². The summed E-state index contributed by atoms with van der Waals surface area (Å²) in [5.74, 6) is -0.0879. The number of carbonyl (C=O) groups excluding carboxylic acids is 2. The molecule has 2 aromatic carbocycles. The third kappa shape index (κ3) is 9.12. The van der Waals surface area contributed by atoms with Gasteiger partial charge in [-0.3, -0.25) is 14.5 Å². The first-order chi connectivity index (χ1) is 18.9. The van der Waals surface area contributed by atoms with Gasteiger partial charge >= 0.3 is 0 Å². The molecule has 4 N–H and O–H groups in total. The molecule has 9 heteroatoms. The fraction of sp³-hybridized carbons (Fsp3) is 0.533. The standard InChI is InChI=1S/C30H41N3O6/c1-21(35)31-14-4-2-3-8-29(37)32-25-7-5-6-24(16-25)30-38-27(19-33-15-13-26(36)18-33)17-28(39-30)23-11-9-22(20-34)10-12-23/h5-7,9-12,16,26-28,30,34,36H,2-4,8,13-15,17-20H2,1H3,(H,31,35)(H,32,37)/t26-,27-,28+,30+/m0/s1. The molecule has 0 spiro atoms. The van der Waals surface area contributed by atoms with Crippen LogP contribution in [0.3, 0.4) is 0 Å². The van der Waals surface area contributed by atoms with Crippen molar-refractivity contribution in [3.63, 3.8) is 0 Å². The van der Waals surface area contributed by atoms with Crippen molar-refractivity contribution in [3.05, 3.63) is 65.2 Å². The van der Waals surface area contributed by atoms with Gasteiger partial charge in [0.1, 0.15) is 0 Å². The van der Waals surface area contributed by atoms with Crippen molar-refractivity contribution in [2.24, 2.45) is 0 Å². The van der Waals surface area contributed by atoms with Crippen molar-refractivity contribution in [2.75, 3.05) is 31.5 Å². The number of hydrogen-bond donors (Lipinski definition) is 4. The van der Waals surface area contributed by atoms with Crippen LogP contribution in [0.5, 0.6) is 0 Å². The molecule has 2 saturated heterocycles. The summed E-state index contributed by atoms with van der Waals surface area (Å²) in [6.07, 6.45) is 3.16. The second kappa shape index (κ2) is 14.5. The maximum absolute atomic E-state index is 12.5. The van der Waals surface area contributed by atoms with Crippen molar-refractivity contribution in [1.82, 2.24) is 10.2 Å². The van der Waals surface area contributed by atoms with Gasteiger partial charge in [-0.05, 0) is 42.5 Å². The van der Waals surface area contributed by atoms with Crippen molar-refractivity contribution in [1.29, 1.82) is 0 Å². The predicted octanol–water partition coefficient (Wildman–Crippen LogP) is 3.43. The van der Waals surface area contributed by atoms with Gasteiger partial charge in [0.15, 0.2) is 6.29 Å². The van der Waals surface area contributed by atoms with Crippen LogP contribution in [0.1, 0.15) is 74.5 Å². The summed E-state index contributed by atoms with van der Waals surface area (Å²) in [7, 11) is 0. The number of ether oxygens (including phenoxy) is 2. The van der Waals surface area contributed by atoms with Crippen LogP contribution < -0.4 is 10.6 Å². The second-order valence-corrected chi connectivity index (χ2v) is 10.5. The third-order valence-corrected chi connectivity index (χ3v) is 7.22. The van der Waals surface area contributed by atoms with Crippen molar-refractivity contribution in [2.45, 2.75) is 76.7 Å². The average molecular weight is 540 g/mol. The fourth-order valence-electron chi connectivity index (χ4n) is 5.14. The van der Waals surface area contributed by atoms with E-state index in [2.05, 4.69) is 15.5 Å². The van der Waals surface area contributed by atoms with Crippen LogP contribution in [0.2, 0.25) is 0 Å². The largest absolute Gasteiger partial charge is 0.392 e. The highest BCUT2D eigenvalue weighted by Gasteiger charge is 2.34. The van der Waals surface area contributed by atoms with E-state index in [-0.39, 0.29) is 36.7 Å². The molecule has 2 fully saturated rings. The Morgan fingerprint density at radius 1 is 1.05 bits per heavy atom. The summed E-state index contributed by atoms with van der Waals surface area (Å²) in [6.45, 7) is 4.33. The lowest BCUT2D eigenvalue weighted by Crippen LogP contribution is -2.38. The number of unbranched alkanes of at least 4 members (excludes halogenated alkanes) is 2. The molecule has 2 heterocycles. The van der Waals surface area contributed by atoms with Gasteiger partial charge in [-0.2, -0.15) is 0 Å². The Morgan fingerprint density at radius 3 is 2.59 bits per heavy atom. The lowest BCUT2D eigenvalue weighted by molar-refractivity contribution is -0.252. The normalized spacial score (nSPS) is 23.5. The highest BCUT2D eigenvalue weighted by molar-refractivity contribution is 5.90. The molecule has 2 aliphatic rings. The second-order valence-electron chi connectivity index (χ2n) is 10.5. The number of anilines is 1. The SMILES string of the molecule is CC(=O)NCCCCCC(=O)Nc1cccc([C@@H]2O[C@H](CN3CC[C@H](O)C3)C[C@H](c3ccc(CO)cc3)O2)c1. The Labute approximate surface area is 230 Å². The van der Waals surface area contributed by atoms with Crippen LogP contribution in [-0.4, -0.2) is 65.3 Å². The summed E-state index contributed by atoms with van der Waals surface area (Å²) >= 11 is 0. The Hall–Kier alpha value is -2.82. The molecule has 0 aliphatic carbocycles. The van der Waals surface area contributed by atoms with Crippen molar-refractivity contribution >= 4 is 17.5 Å². The Bertz CT molecular complexity index is 1080. The minimum atomic E-state index is -0.607.